The molecule has 202 valence electrons. The maximum absolute atomic E-state index is 13.3. The highest BCUT2D eigenvalue weighted by atomic mass is 16.5. The Balaban J connectivity index is 1.38. The van der Waals surface area contributed by atoms with Crippen molar-refractivity contribution in [1.29, 1.82) is 0 Å². The third kappa shape index (κ3) is 6.58. The van der Waals surface area contributed by atoms with E-state index in [9.17, 15) is 15.0 Å². The second-order valence-corrected chi connectivity index (χ2v) is 9.57. The van der Waals surface area contributed by atoms with Crippen LogP contribution in [0.4, 0.5) is 17.3 Å². The fourth-order valence-electron chi connectivity index (χ4n) is 4.31. The van der Waals surface area contributed by atoms with Gasteiger partial charge in [-0.2, -0.15) is 0 Å². The Hall–Kier alpha value is -4.86. The summed E-state index contributed by atoms with van der Waals surface area (Å²) in [6, 6.07) is 22.8. The molecule has 0 saturated carbocycles. The molecular weight excluding hydrogens is 504 g/mol. The predicted octanol–water partition coefficient (Wildman–Crippen LogP) is 5.19. The van der Waals surface area contributed by atoms with E-state index in [0.29, 0.717) is 23.6 Å². The molecule has 2 aromatic heterocycles. The molecule has 0 aliphatic rings. The van der Waals surface area contributed by atoms with E-state index in [4.69, 9.17) is 0 Å². The van der Waals surface area contributed by atoms with E-state index in [-0.39, 0.29) is 12.3 Å². The van der Waals surface area contributed by atoms with Crippen molar-refractivity contribution in [3.8, 4) is 16.9 Å². The first kappa shape index (κ1) is 26.7. The lowest BCUT2D eigenvalue weighted by atomic mass is 10.1. The lowest BCUT2D eigenvalue weighted by molar-refractivity contribution is -0.0447. The molecule has 9 heteroatoms. The van der Waals surface area contributed by atoms with Crippen LogP contribution in [0.15, 0.2) is 91.5 Å². The molecule has 0 fully saturated rings. The number of aliphatic hydroxyl groups is 2. The van der Waals surface area contributed by atoms with Gasteiger partial charge >= 0.3 is 0 Å². The van der Waals surface area contributed by atoms with Crippen molar-refractivity contribution in [2.75, 3.05) is 10.6 Å². The van der Waals surface area contributed by atoms with E-state index in [1.54, 1.807) is 24.7 Å². The van der Waals surface area contributed by atoms with Crippen molar-refractivity contribution >= 4 is 23.2 Å². The quantitative estimate of drug-likeness (QED) is 0.192. The molecule has 0 saturated heterocycles. The smallest absolute Gasteiger partial charge is 0.255 e. The molecule has 0 aliphatic carbocycles. The van der Waals surface area contributed by atoms with E-state index in [2.05, 4.69) is 25.6 Å². The van der Waals surface area contributed by atoms with Crippen molar-refractivity contribution in [3.05, 3.63) is 114 Å². The van der Waals surface area contributed by atoms with Gasteiger partial charge in [-0.05, 0) is 67.8 Å². The fraction of sp³-hybridized carbons (Fsp3) is 0.161. The molecule has 5 rings (SSSR count). The van der Waals surface area contributed by atoms with E-state index in [1.807, 2.05) is 85.3 Å². The third-order valence-electron chi connectivity index (χ3n) is 6.41. The van der Waals surface area contributed by atoms with Gasteiger partial charge in [0.25, 0.3) is 5.91 Å². The normalized spacial score (nSPS) is 11.0. The number of carbonyl (C=O) groups excluding carboxylic acids is 1. The topological polar surface area (TPSA) is 125 Å². The van der Waals surface area contributed by atoms with Gasteiger partial charge in [-0.3, -0.25) is 4.79 Å². The number of hydrogen-bond donors (Lipinski definition) is 4. The number of nitrogens with one attached hydrogen (secondary N) is 2. The highest BCUT2D eigenvalue weighted by Gasteiger charge is 2.13. The second-order valence-electron chi connectivity index (χ2n) is 9.57. The molecule has 9 nitrogen and oxygen atoms in total. The molecule has 0 atom stereocenters. The van der Waals surface area contributed by atoms with Gasteiger partial charge in [-0.25, -0.2) is 15.0 Å². The van der Waals surface area contributed by atoms with Gasteiger partial charge in [0, 0.05) is 47.0 Å². The van der Waals surface area contributed by atoms with Crippen LogP contribution in [0.25, 0.3) is 16.9 Å². The number of imidazole rings is 1. The van der Waals surface area contributed by atoms with Crippen LogP contribution in [0.3, 0.4) is 0 Å². The summed E-state index contributed by atoms with van der Waals surface area (Å²) in [5, 5.41) is 24.9. The molecular formula is C31H30N6O3. The lowest BCUT2D eigenvalue weighted by Gasteiger charge is -2.14. The van der Waals surface area contributed by atoms with Crippen LogP contribution in [-0.2, 0) is 6.42 Å². The highest BCUT2D eigenvalue weighted by Crippen LogP contribution is 2.25. The molecule has 0 spiro atoms. The van der Waals surface area contributed by atoms with Gasteiger partial charge < -0.3 is 25.4 Å². The molecule has 0 aliphatic heterocycles. The zero-order chi connectivity index (χ0) is 28.1. The first-order chi connectivity index (χ1) is 19.3. The van der Waals surface area contributed by atoms with E-state index in [1.165, 1.54) is 0 Å². The van der Waals surface area contributed by atoms with Crippen molar-refractivity contribution in [2.24, 2.45) is 0 Å². The molecule has 5 aromatic rings. The van der Waals surface area contributed by atoms with Gasteiger partial charge in [-0.15, -0.1) is 0 Å². The number of benzene rings is 3. The van der Waals surface area contributed by atoms with Gasteiger partial charge in [0.2, 0.25) is 5.95 Å². The Morgan fingerprint density at radius 1 is 0.975 bits per heavy atom. The summed E-state index contributed by atoms with van der Waals surface area (Å²) in [6.07, 6.45) is 4.49. The van der Waals surface area contributed by atoms with Crippen LogP contribution in [0.1, 0.15) is 33.6 Å². The number of amides is 1. The van der Waals surface area contributed by atoms with Crippen LogP contribution >= 0.6 is 0 Å². The van der Waals surface area contributed by atoms with Crippen LogP contribution in [0.2, 0.25) is 0 Å². The molecule has 4 N–H and O–H groups in total. The summed E-state index contributed by atoms with van der Waals surface area (Å²) in [5.41, 5.74) is 7.01. The van der Waals surface area contributed by atoms with E-state index in [0.717, 1.165) is 39.5 Å². The van der Waals surface area contributed by atoms with Gasteiger partial charge in [0.1, 0.15) is 0 Å². The summed E-state index contributed by atoms with van der Waals surface area (Å²) < 4.78 is 1.86. The number of carbonyl (C=O) groups is 1. The van der Waals surface area contributed by atoms with Gasteiger partial charge in [0.05, 0.1) is 17.7 Å². The molecule has 1 amide bonds. The van der Waals surface area contributed by atoms with Gasteiger partial charge in [0.15, 0.2) is 6.29 Å². The Kier molecular flexibility index (Phi) is 7.95. The zero-order valence-corrected chi connectivity index (χ0v) is 22.2. The minimum absolute atomic E-state index is 0.181. The van der Waals surface area contributed by atoms with Crippen molar-refractivity contribution in [3.63, 3.8) is 0 Å². The molecule has 3 aromatic carbocycles. The summed E-state index contributed by atoms with van der Waals surface area (Å²) in [7, 11) is 0. The number of aryl methyl sites for hydroxylation is 3. The summed E-state index contributed by atoms with van der Waals surface area (Å²) >= 11 is 0. The van der Waals surface area contributed by atoms with Crippen LogP contribution in [-0.4, -0.2) is 41.9 Å². The summed E-state index contributed by atoms with van der Waals surface area (Å²) in [6.45, 7) is 3.85. The summed E-state index contributed by atoms with van der Waals surface area (Å²) in [4.78, 5) is 26.6. The molecule has 0 bridgehead atoms. The second kappa shape index (κ2) is 11.9. The van der Waals surface area contributed by atoms with Crippen molar-refractivity contribution < 1.29 is 15.0 Å². The number of nitrogens with zero attached hydrogens (tertiary/aromatic N) is 4. The highest BCUT2D eigenvalue weighted by molar-refractivity contribution is 6.05. The van der Waals surface area contributed by atoms with Gasteiger partial charge in [-0.1, -0.05) is 36.4 Å². The first-order valence-electron chi connectivity index (χ1n) is 12.9. The zero-order valence-electron chi connectivity index (χ0n) is 22.2. The van der Waals surface area contributed by atoms with Crippen LogP contribution < -0.4 is 10.6 Å². The number of hydrogen-bond acceptors (Lipinski definition) is 7. The SMILES string of the molecule is Cc1cn(-c2cc(CCC(O)O)cc(NC(=O)c3ccc(C)c(Nc4nccc(-c5ccccc5)n4)c3)c2)cn1. The fourth-order valence-corrected chi connectivity index (χ4v) is 4.31. The number of rotatable bonds is 9. The average molecular weight is 535 g/mol. The number of anilines is 3. The Morgan fingerprint density at radius 3 is 2.55 bits per heavy atom. The Bertz CT molecular complexity index is 1630. The van der Waals surface area contributed by atoms with Crippen LogP contribution in [0, 0.1) is 13.8 Å². The van der Waals surface area contributed by atoms with Crippen molar-refractivity contribution in [2.45, 2.75) is 33.0 Å². The number of aliphatic hydroxyl groups excluding tert-OH is 1. The molecule has 0 radical (unpaired) electrons. The minimum Gasteiger partial charge on any atom is -0.368 e. The first-order valence-corrected chi connectivity index (χ1v) is 12.9. The average Bonchev–Trinajstić information content (AvgIpc) is 3.40. The third-order valence-corrected chi connectivity index (χ3v) is 6.41. The minimum atomic E-state index is -1.41. The predicted molar refractivity (Wildman–Crippen MR) is 155 cm³/mol. The molecule has 40 heavy (non-hydrogen) atoms. The maximum Gasteiger partial charge on any atom is 0.255 e. The van der Waals surface area contributed by atoms with E-state index < -0.39 is 6.29 Å². The van der Waals surface area contributed by atoms with E-state index >= 15 is 0 Å². The molecule has 0 unspecified atom stereocenters. The maximum atomic E-state index is 13.3. The lowest BCUT2D eigenvalue weighted by Crippen LogP contribution is -2.13. The van der Waals surface area contributed by atoms with Crippen molar-refractivity contribution in [1.82, 2.24) is 19.5 Å². The van der Waals surface area contributed by atoms with Crippen LogP contribution in [0.5, 0.6) is 0 Å². The summed E-state index contributed by atoms with van der Waals surface area (Å²) in [5.74, 6) is 0.148. The standard InChI is InChI=1S/C31H30N6O3/c1-20-8-10-24(16-28(20)36-31-32-13-12-27(35-31)23-6-4-3-5-7-23)30(40)34-25-14-22(9-11-29(38)39)15-26(17-25)37-18-21(2)33-19-37/h3-8,10,12-19,29,38-39H,9,11H2,1-2H3,(H,34,40)(H,32,35,36). The Labute approximate surface area is 232 Å². The largest absolute Gasteiger partial charge is 0.368 e. The Morgan fingerprint density at radius 2 is 1.80 bits per heavy atom. The monoisotopic (exact) mass is 534 g/mol. The molecule has 2 heterocycles. The number of aromatic nitrogens is 4.